The third kappa shape index (κ3) is 2.23. The lowest BCUT2D eigenvalue weighted by atomic mass is 10.1. The molecular weight excluding hydrogens is 254 g/mol. The van der Waals surface area contributed by atoms with Gasteiger partial charge in [0, 0.05) is 5.56 Å². The Labute approximate surface area is 102 Å². The van der Waals surface area contributed by atoms with E-state index in [-0.39, 0.29) is 0 Å². The number of rotatable bonds is 1. The summed E-state index contributed by atoms with van der Waals surface area (Å²) < 4.78 is 0. The van der Waals surface area contributed by atoms with Crippen molar-refractivity contribution >= 4 is 34.8 Å². The molecule has 0 saturated carbocycles. The molecule has 2 rings (SSSR count). The standard InChI is InChI=1S/C10H5Cl3N2/c11-7-3-1-2-6(10(7)13)8-4-5-9(12)15-14-8/h1-5H. The van der Waals surface area contributed by atoms with Gasteiger partial charge in [-0.05, 0) is 18.2 Å². The van der Waals surface area contributed by atoms with Crippen LogP contribution < -0.4 is 0 Å². The predicted octanol–water partition coefficient (Wildman–Crippen LogP) is 4.10. The fourth-order valence-corrected chi connectivity index (χ4v) is 1.66. The van der Waals surface area contributed by atoms with Crippen LogP contribution in [0.1, 0.15) is 0 Å². The molecule has 1 heterocycles. The third-order valence-electron chi connectivity index (χ3n) is 1.86. The van der Waals surface area contributed by atoms with E-state index in [9.17, 15) is 0 Å². The van der Waals surface area contributed by atoms with Gasteiger partial charge in [0.25, 0.3) is 0 Å². The van der Waals surface area contributed by atoms with Gasteiger partial charge in [-0.3, -0.25) is 0 Å². The van der Waals surface area contributed by atoms with E-state index in [4.69, 9.17) is 34.8 Å². The monoisotopic (exact) mass is 258 g/mol. The molecule has 0 aliphatic rings. The van der Waals surface area contributed by atoms with Crippen molar-refractivity contribution in [3.63, 3.8) is 0 Å². The summed E-state index contributed by atoms with van der Waals surface area (Å²) in [4.78, 5) is 0. The minimum atomic E-state index is 0.344. The molecule has 0 unspecified atom stereocenters. The van der Waals surface area contributed by atoms with Crippen molar-refractivity contribution in [3.8, 4) is 11.3 Å². The van der Waals surface area contributed by atoms with Gasteiger partial charge in [-0.1, -0.05) is 46.9 Å². The molecule has 0 saturated heterocycles. The van der Waals surface area contributed by atoms with Crippen LogP contribution in [0.3, 0.4) is 0 Å². The number of nitrogens with zero attached hydrogens (tertiary/aromatic N) is 2. The van der Waals surface area contributed by atoms with E-state index in [2.05, 4.69) is 10.2 Å². The first kappa shape index (κ1) is 10.7. The highest BCUT2D eigenvalue weighted by Crippen LogP contribution is 2.32. The van der Waals surface area contributed by atoms with Gasteiger partial charge in [-0.15, -0.1) is 10.2 Å². The van der Waals surface area contributed by atoms with Gasteiger partial charge >= 0.3 is 0 Å². The van der Waals surface area contributed by atoms with Crippen LogP contribution in [0.2, 0.25) is 15.2 Å². The van der Waals surface area contributed by atoms with E-state index < -0.39 is 0 Å². The van der Waals surface area contributed by atoms with Crippen molar-refractivity contribution in [1.82, 2.24) is 10.2 Å². The number of halogens is 3. The smallest absolute Gasteiger partial charge is 0.149 e. The molecule has 1 aromatic carbocycles. The zero-order valence-corrected chi connectivity index (χ0v) is 9.68. The number of aromatic nitrogens is 2. The van der Waals surface area contributed by atoms with E-state index in [1.54, 1.807) is 24.3 Å². The summed E-state index contributed by atoms with van der Waals surface area (Å²) in [5.41, 5.74) is 1.39. The number of hydrogen-bond donors (Lipinski definition) is 0. The second-order valence-electron chi connectivity index (χ2n) is 2.84. The minimum Gasteiger partial charge on any atom is -0.149 e. The average molecular weight is 260 g/mol. The Bertz CT molecular complexity index is 483. The van der Waals surface area contributed by atoms with Gasteiger partial charge in [0.1, 0.15) is 0 Å². The maximum atomic E-state index is 6.03. The maximum absolute atomic E-state index is 6.03. The molecule has 0 aliphatic heterocycles. The van der Waals surface area contributed by atoms with Crippen molar-refractivity contribution in [2.24, 2.45) is 0 Å². The highest BCUT2D eigenvalue weighted by molar-refractivity contribution is 6.43. The molecule has 0 aliphatic carbocycles. The topological polar surface area (TPSA) is 25.8 Å². The van der Waals surface area contributed by atoms with Crippen molar-refractivity contribution in [2.45, 2.75) is 0 Å². The van der Waals surface area contributed by atoms with Crippen LogP contribution in [-0.4, -0.2) is 10.2 Å². The number of hydrogen-bond acceptors (Lipinski definition) is 2. The zero-order valence-electron chi connectivity index (χ0n) is 7.42. The van der Waals surface area contributed by atoms with Gasteiger partial charge < -0.3 is 0 Å². The SMILES string of the molecule is Clc1ccc(-c2cccc(Cl)c2Cl)nn1. The maximum Gasteiger partial charge on any atom is 0.151 e. The Morgan fingerprint density at radius 1 is 0.867 bits per heavy atom. The molecule has 0 fully saturated rings. The molecule has 0 N–H and O–H groups in total. The van der Waals surface area contributed by atoms with Crippen LogP contribution in [0.15, 0.2) is 30.3 Å². The fourth-order valence-electron chi connectivity index (χ4n) is 1.16. The first-order chi connectivity index (χ1) is 7.18. The summed E-state index contributed by atoms with van der Waals surface area (Å²) in [5.74, 6) is 0. The molecule has 5 heteroatoms. The molecule has 0 radical (unpaired) electrons. The summed E-state index contributed by atoms with van der Waals surface area (Å²) in [5, 5.41) is 8.97. The van der Waals surface area contributed by atoms with Crippen molar-refractivity contribution < 1.29 is 0 Å². The van der Waals surface area contributed by atoms with Crippen LogP contribution in [0.4, 0.5) is 0 Å². The van der Waals surface area contributed by atoms with Crippen molar-refractivity contribution in [1.29, 1.82) is 0 Å². The Morgan fingerprint density at radius 3 is 2.33 bits per heavy atom. The van der Waals surface area contributed by atoms with Crippen LogP contribution in [-0.2, 0) is 0 Å². The summed E-state index contributed by atoms with van der Waals surface area (Å²) in [6, 6.07) is 8.75. The van der Waals surface area contributed by atoms with E-state index in [0.717, 1.165) is 5.56 Å². The summed E-state index contributed by atoms with van der Waals surface area (Å²) in [7, 11) is 0. The van der Waals surface area contributed by atoms with Crippen LogP contribution >= 0.6 is 34.8 Å². The van der Waals surface area contributed by atoms with Crippen LogP contribution in [0.25, 0.3) is 11.3 Å². The Hall–Kier alpha value is -0.830. The molecular formula is C10H5Cl3N2. The second-order valence-corrected chi connectivity index (χ2v) is 4.02. The second kappa shape index (κ2) is 4.35. The molecule has 0 atom stereocenters. The van der Waals surface area contributed by atoms with Gasteiger partial charge in [0.15, 0.2) is 5.15 Å². The van der Waals surface area contributed by atoms with Gasteiger partial charge in [-0.25, -0.2) is 0 Å². The van der Waals surface area contributed by atoms with E-state index in [1.807, 2.05) is 6.07 Å². The van der Waals surface area contributed by atoms with Crippen LogP contribution in [0, 0.1) is 0 Å². The lowest BCUT2D eigenvalue weighted by Crippen LogP contribution is -1.88. The predicted molar refractivity (Wildman–Crippen MR) is 62.5 cm³/mol. The Kier molecular flexibility index (Phi) is 3.10. The Balaban J connectivity index is 2.54. The Morgan fingerprint density at radius 2 is 1.67 bits per heavy atom. The minimum absolute atomic E-state index is 0.344. The van der Waals surface area contributed by atoms with Gasteiger partial charge in [0.2, 0.25) is 0 Å². The highest BCUT2D eigenvalue weighted by Gasteiger charge is 2.07. The lowest BCUT2D eigenvalue weighted by molar-refractivity contribution is 1.04. The van der Waals surface area contributed by atoms with Crippen LogP contribution in [0.5, 0.6) is 0 Å². The average Bonchev–Trinajstić information content (AvgIpc) is 2.24. The van der Waals surface area contributed by atoms with Crippen molar-refractivity contribution in [2.75, 3.05) is 0 Å². The first-order valence-electron chi connectivity index (χ1n) is 4.12. The normalized spacial score (nSPS) is 10.3. The largest absolute Gasteiger partial charge is 0.151 e. The third-order valence-corrected chi connectivity index (χ3v) is 2.88. The van der Waals surface area contributed by atoms with Gasteiger partial charge in [-0.2, -0.15) is 0 Å². The molecule has 15 heavy (non-hydrogen) atoms. The molecule has 1 aromatic heterocycles. The van der Waals surface area contributed by atoms with Crippen molar-refractivity contribution in [3.05, 3.63) is 45.5 Å². The van der Waals surface area contributed by atoms with Gasteiger partial charge in [0.05, 0.1) is 15.7 Å². The number of benzene rings is 1. The molecule has 2 nitrogen and oxygen atoms in total. The summed E-state index contributed by atoms with van der Waals surface area (Å²) in [6.45, 7) is 0. The lowest BCUT2D eigenvalue weighted by Gasteiger charge is -2.03. The summed E-state index contributed by atoms with van der Waals surface area (Å²) >= 11 is 17.6. The molecule has 0 amide bonds. The van der Waals surface area contributed by atoms with E-state index >= 15 is 0 Å². The van der Waals surface area contributed by atoms with E-state index in [1.165, 1.54) is 0 Å². The highest BCUT2D eigenvalue weighted by atomic mass is 35.5. The molecule has 0 spiro atoms. The molecule has 2 aromatic rings. The fraction of sp³-hybridized carbons (Fsp3) is 0. The zero-order chi connectivity index (χ0) is 10.8. The quantitative estimate of drug-likeness (QED) is 0.770. The first-order valence-corrected chi connectivity index (χ1v) is 5.25. The summed E-state index contributed by atoms with van der Waals surface area (Å²) in [6.07, 6.45) is 0. The van der Waals surface area contributed by atoms with E-state index in [0.29, 0.717) is 20.9 Å². The molecule has 76 valence electrons. The molecule has 0 bridgehead atoms.